The lowest BCUT2D eigenvalue weighted by Gasteiger charge is -2.22. The molecule has 1 aliphatic heterocycles. The van der Waals surface area contributed by atoms with Crippen molar-refractivity contribution in [2.45, 2.75) is 18.7 Å². The molecule has 1 atom stereocenters. The van der Waals surface area contributed by atoms with Crippen LogP contribution >= 0.6 is 0 Å². The zero-order valence-electron chi connectivity index (χ0n) is 11.8. The third kappa shape index (κ3) is 1.81. The number of benzene rings is 3. The van der Waals surface area contributed by atoms with Crippen molar-refractivity contribution < 1.29 is 8.39 Å². The van der Waals surface area contributed by atoms with Crippen LogP contribution < -0.4 is 4.18 Å². The Morgan fingerprint density at radius 2 is 1.71 bits per heavy atom. The van der Waals surface area contributed by atoms with E-state index in [0.29, 0.717) is 5.75 Å². The summed E-state index contributed by atoms with van der Waals surface area (Å²) >= 11 is -1.44. The Kier molecular flexibility index (Phi) is 2.66. The number of hydrogen-bond donors (Lipinski definition) is 0. The van der Waals surface area contributed by atoms with Gasteiger partial charge in [0.15, 0.2) is 0 Å². The monoisotopic (exact) mass is 294 g/mol. The minimum atomic E-state index is -1.44. The van der Waals surface area contributed by atoms with E-state index in [0.717, 1.165) is 32.5 Å². The van der Waals surface area contributed by atoms with Gasteiger partial charge in [-0.15, -0.1) is 0 Å². The molecule has 1 heterocycles. The third-order valence-corrected chi connectivity index (χ3v) is 4.99. The summed E-state index contributed by atoms with van der Waals surface area (Å²) in [6.07, 6.45) is 0. The Balaban J connectivity index is 2.17. The molecule has 0 aliphatic carbocycles. The van der Waals surface area contributed by atoms with Crippen molar-refractivity contribution in [3.05, 3.63) is 59.7 Å². The summed E-state index contributed by atoms with van der Waals surface area (Å²) < 4.78 is 18.0. The summed E-state index contributed by atoms with van der Waals surface area (Å²) in [5, 5.41) is 2.35. The first-order valence-corrected chi connectivity index (χ1v) is 7.96. The molecule has 21 heavy (non-hydrogen) atoms. The van der Waals surface area contributed by atoms with Gasteiger partial charge in [-0.25, -0.2) is 4.21 Å². The number of aryl methyl sites for hydroxylation is 2. The normalized spacial score (nSPS) is 16.2. The van der Waals surface area contributed by atoms with Gasteiger partial charge in [-0.2, -0.15) is 0 Å². The highest BCUT2D eigenvalue weighted by Crippen LogP contribution is 2.45. The molecule has 0 fully saturated rings. The van der Waals surface area contributed by atoms with Crippen LogP contribution in [0.15, 0.2) is 53.4 Å². The van der Waals surface area contributed by atoms with Crippen molar-refractivity contribution in [2.24, 2.45) is 0 Å². The number of rotatable bonds is 0. The van der Waals surface area contributed by atoms with Crippen LogP contribution in [0.3, 0.4) is 0 Å². The summed E-state index contributed by atoms with van der Waals surface area (Å²) in [5.41, 5.74) is 4.28. The van der Waals surface area contributed by atoms with Crippen LogP contribution in [-0.2, 0) is 11.1 Å². The van der Waals surface area contributed by atoms with Gasteiger partial charge in [0, 0.05) is 11.1 Å². The topological polar surface area (TPSA) is 26.3 Å². The molecule has 1 aliphatic rings. The maximum Gasteiger partial charge on any atom is 0.241 e. The van der Waals surface area contributed by atoms with E-state index in [1.54, 1.807) is 0 Å². The SMILES string of the molecule is Cc1ccc2c(c1)S(=O)Oc1cc(C)c3ccccc3c1-2. The summed E-state index contributed by atoms with van der Waals surface area (Å²) in [4.78, 5) is 0.761. The molecule has 0 saturated heterocycles. The van der Waals surface area contributed by atoms with E-state index in [4.69, 9.17) is 4.18 Å². The fourth-order valence-corrected chi connectivity index (χ4v) is 3.98. The molecule has 0 radical (unpaired) electrons. The van der Waals surface area contributed by atoms with Gasteiger partial charge in [0.25, 0.3) is 0 Å². The predicted molar refractivity (Wildman–Crippen MR) is 85.9 cm³/mol. The van der Waals surface area contributed by atoms with Gasteiger partial charge < -0.3 is 4.18 Å². The molecule has 4 rings (SSSR count). The fraction of sp³-hybridized carbons (Fsp3) is 0.111. The van der Waals surface area contributed by atoms with Crippen molar-refractivity contribution in [3.8, 4) is 16.9 Å². The van der Waals surface area contributed by atoms with Crippen molar-refractivity contribution in [1.82, 2.24) is 0 Å². The van der Waals surface area contributed by atoms with E-state index in [1.165, 1.54) is 5.39 Å². The maximum absolute atomic E-state index is 12.3. The van der Waals surface area contributed by atoms with Gasteiger partial charge in [-0.1, -0.05) is 36.4 Å². The highest BCUT2D eigenvalue weighted by atomic mass is 32.2. The predicted octanol–water partition coefficient (Wildman–Crippen LogP) is 4.54. The van der Waals surface area contributed by atoms with E-state index in [2.05, 4.69) is 25.1 Å². The molecular weight excluding hydrogens is 280 g/mol. The van der Waals surface area contributed by atoms with Crippen molar-refractivity contribution in [1.29, 1.82) is 0 Å². The van der Waals surface area contributed by atoms with Crippen LogP contribution in [0.25, 0.3) is 21.9 Å². The molecule has 1 unspecified atom stereocenters. The quantitative estimate of drug-likeness (QED) is 0.608. The van der Waals surface area contributed by atoms with Gasteiger partial charge in [0.2, 0.25) is 11.1 Å². The highest BCUT2D eigenvalue weighted by Gasteiger charge is 2.25. The molecular formula is C18H14O2S. The second-order valence-electron chi connectivity index (χ2n) is 5.43. The first-order chi connectivity index (χ1) is 10.1. The molecule has 0 aromatic heterocycles. The van der Waals surface area contributed by atoms with Crippen molar-refractivity contribution in [2.75, 3.05) is 0 Å². The van der Waals surface area contributed by atoms with Crippen LogP contribution in [0, 0.1) is 13.8 Å². The largest absolute Gasteiger partial charge is 0.396 e. The van der Waals surface area contributed by atoms with Crippen LogP contribution in [0.1, 0.15) is 11.1 Å². The summed E-state index contributed by atoms with van der Waals surface area (Å²) in [5.74, 6) is 0.709. The molecule has 104 valence electrons. The van der Waals surface area contributed by atoms with Crippen molar-refractivity contribution in [3.63, 3.8) is 0 Å². The highest BCUT2D eigenvalue weighted by molar-refractivity contribution is 7.80. The lowest BCUT2D eigenvalue weighted by Crippen LogP contribution is -2.10. The van der Waals surface area contributed by atoms with E-state index in [9.17, 15) is 4.21 Å². The fourth-order valence-electron chi connectivity index (χ4n) is 2.97. The summed E-state index contributed by atoms with van der Waals surface area (Å²) in [7, 11) is 0. The first kappa shape index (κ1) is 12.6. The second-order valence-corrected chi connectivity index (χ2v) is 6.51. The molecule has 3 heteroatoms. The molecule has 3 aromatic rings. The zero-order valence-corrected chi connectivity index (χ0v) is 12.7. The van der Waals surface area contributed by atoms with Gasteiger partial charge in [-0.05, 0) is 47.9 Å². The Labute approximate surface area is 126 Å². The maximum atomic E-state index is 12.3. The smallest absolute Gasteiger partial charge is 0.241 e. The van der Waals surface area contributed by atoms with Crippen LogP contribution in [0.2, 0.25) is 0 Å². The van der Waals surface area contributed by atoms with E-state index in [-0.39, 0.29) is 0 Å². The van der Waals surface area contributed by atoms with Crippen LogP contribution in [-0.4, -0.2) is 4.21 Å². The van der Waals surface area contributed by atoms with E-state index in [1.807, 2.05) is 37.3 Å². The average molecular weight is 294 g/mol. The standard InChI is InChI=1S/C18H14O2S/c1-11-7-8-15-17(9-11)21(19)20-16-10-12(2)13-5-3-4-6-14(13)18(15)16/h3-10H,1-2H3. The first-order valence-electron chi connectivity index (χ1n) is 6.88. The van der Waals surface area contributed by atoms with E-state index < -0.39 is 11.1 Å². The van der Waals surface area contributed by atoms with Gasteiger partial charge >= 0.3 is 0 Å². The summed E-state index contributed by atoms with van der Waals surface area (Å²) in [6.45, 7) is 4.06. The Bertz CT molecular complexity index is 912. The molecule has 3 aromatic carbocycles. The molecule has 0 amide bonds. The Morgan fingerprint density at radius 3 is 2.52 bits per heavy atom. The average Bonchev–Trinajstić information content (AvgIpc) is 2.48. The van der Waals surface area contributed by atoms with E-state index >= 15 is 0 Å². The van der Waals surface area contributed by atoms with Gasteiger partial charge in [-0.3, -0.25) is 0 Å². The molecule has 0 bridgehead atoms. The Hall–Kier alpha value is -2.13. The lowest BCUT2D eigenvalue weighted by atomic mass is 9.94. The van der Waals surface area contributed by atoms with Gasteiger partial charge in [0.05, 0.1) is 4.90 Å². The van der Waals surface area contributed by atoms with Crippen LogP contribution in [0.5, 0.6) is 5.75 Å². The third-order valence-electron chi connectivity index (χ3n) is 3.97. The molecule has 0 spiro atoms. The minimum Gasteiger partial charge on any atom is -0.396 e. The minimum absolute atomic E-state index is 0.709. The molecule has 0 N–H and O–H groups in total. The van der Waals surface area contributed by atoms with Crippen LogP contribution in [0.4, 0.5) is 0 Å². The van der Waals surface area contributed by atoms with Gasteiger partial charge in [0.1, 0.15) is 5.75 Å². The summed E-state index contributed by atoms with van der Waals surface area (Å²) in [6, 6.07) is 16.3. The zero-order chi connectivity index (χ0) is 14.6. The molecule has 2 nitrogen and oxygen atoms in total. The number of hydrogen-bond acceptors (Lipinski definition) is 2. The lowest BCUT2D eigenvalue weighted by molar-refractivity contribution is 0.559. The second kappa shape index (κ2) is 4.43. The molecule has 0 saturated carbocycles. The number of fused-ring (bicyclic) bond motifs is 5. The Morgan fingerprint density at radius 1 is 0.952 bits per heavy atom. The van der Waals surface area contributed by atoms with Crippen molar-refractivity contribution >= 4 is 21.9 Å².